The normalized spacial score (nSPS) is 10.6. The van der Waals surface area contributed by atoms with Gasteiger partial charge in [0.2, 0.25) is 5.91 Å². The Morgan fingerprint density at radius 1 is 1.07 bits per heavy atom. The van der Waals surface area contributed by atoms with Gasteiger partial charge in [-0.05, 0) is 42.8 Å². The van der Waals surface area contributed by atoms with E-state index in [0.29, 0.717) is 23.1 Å². The van der Waals surface area contributed by atoms with Gasteiger partial charge in [-0.25, -0.2) is 4.39 Å². The number of rotatable bonds is 4. The number of H-pyrrole nitrogens is 1. The van der Waals surface area contributed by atoms with Crippen molar-refractivity contribution in [2.24, 2.45) is 0 Å². The Morgan fingerprint density at radius 2 is 1.79 bits per heavy atom. The van der Waals surface area contributed by atoms with Crippen LogP contribution in [0.25, 0.3) is 11.0 Å². The fraction of sp³-hybridized carbons (Fsp3) is 0.158. The van der Waals surface area contributed by atoms with E-state index in [-0.39, 0.29) is 12.0 Å². The van der Waals surface area contributed by atoms with Crippen LogP contribution in [-0.2, 0) is 17.8 Å². The molecule has 0 bridgehead atoms. The Bertz CT molecular complexity index is 1170. The van der Waals surface area contributed by atoms with E-state index in [9.17, 15) is 23.6 Å². The van der Waals surface area contributed by atoms with Crippen molar-refractivity contribution in [2.45, 2.75) is 19.9 Å². The second-order valence-electron chi connectivity index (χ2n) is 6.04. The summed E-state index contributed by atoms with van der Waals surface area (Å²) in [4.78, 5) is 50.2. The van der Waals surface area contributed by atoms with Gasteiger partial charge >= 0.3 is 11.1 Å². The van der Waals surface area contributed by atoms with Crippen molar-refractivity contribution in [3.8, 4) is 0 Å². The summed E-state index contributed by atoms with van der Waals surface area (Å²) in [5, 5.41) is 0. The molecule has 3 N–H and O–H groups in total. The highest BCUT2D eigenvalue weighted by Crippen LogP contribution is 2.11. The molecule has 0 aliphatic heterocycles. The van der Waals surface area contributed by atoms with Crippen molar-refractivity contribution in [1.82, 2.24) is 20.4 Å². The second-order valence-corrected chi connectivity index (χ2v) is 6.04. The van der Waals surface area contributed by atoms with Gasteiger partial charge in [0.15, 0.2) is 0 Å². The highest BCUT2D eigenvalue weighted by atomic mass is 19.1. The first kappa shape index (κ1) is 19.0. The molecule has 2 amide bonds. The van der Waals surface area contributed by atoms with Crippen LogP contribution in [0.2, 0.25) is 0 Å². The largest absolute Gasteiger partial charge is 0.316 e. The van der Waals surface area contributed by atoms with Crippen LogP contribution < -0.4 is 22.0 Å². The van der Waals surface area contributed by atoms with E-state index < -0.39 is 28.8 Å². The number of halogens is 1. The highest BCUT2D eigenvalue weighted by molar-refractivity contribution is 5.98. The summed E-state index contributed by atoms with van der Waals surface area (Å²) in [6.07, 6.45) is -0.0334. The molecule has 0 unspecified atom stereocenters. The maximum absolute atomic E-state index is 12.9. The van der Waals surface area contributed by atoms with Crippen LogP contribution in [0.5, 0.6) is 0 Å². The Hall–Kier alpha value is -3.75. The summed E-state index contributed by atoms with van der Waals surface area (Å²) in [6, 6.07) is 9.89. The van der Waals surface area contributed by atoms with Crippen molar-refractivity contribution in [3.05, 3.63) is 80.1 Å². The van der Waals surface area contributed by atoms with Crippen molar-refractivity contribution in [1.29, 1.82) is 0 Å². The SMILES string of the molecule is CCn1c(=O)c(=O)[nH]c2cc(C(=O)NNC(=O)Cc3ccc(F)cc3)ccc21. The summed E-state index contributed by atoms with van der Waals surface area (Å²) in [5.74, 6) is -1.47. The summed E-state index contributed by atoms with van der Waals surface area (Å²) < 4.78 is 14.2. The van der Waals surface area contributed by atoms with Gasteiger partial charge in [0.1, 0.15) is 5.82 Å². The van der Waals surface area contributed by atoms with Crippen LogP contribution in [0, 0.1) is 5.82 Å². The average Bonchev–Trinajstić information content (AvgIpc) is 2.68. The molecule has 0 aliphatic carbocycles. The Balaban J connectivity index is 1.72. The van der Waals surface area contributed by atoms with Gasteiger partial charge in [-0.2, -0.15) is 0 Å². The molecule has 3 aromatic rings. The van der Waals surface area contributed by atoms with Crippen molar-refractivity contribution in [3.63, 3.8) is 0 Å². The molecule has 0 saturated carbocycles. The van der Waals surface area contributed by atoms with E-state index in [1.54, 1.807) is 13.0 Å². The molecule has 9 heteroatoms. The smallest absolute Gasteiger partial charge is 0.316 e. The molecule has 3 rings (SSSR count). The molecule has 2 aromatic carbocycles. The molecule has 0 spiro atoms. The van der Waals surface area contributed by atoms with Crippen molar-refractivity contribution in [2.75, 3.05) is 0 Å². The van der Waals surface area contributed by atoms with E-state index in [2.05, 4.69) is 15.8 Å². The molecule has 0 aliphatic rings. The quantitative estimate of drug-likeness (QED) is 0.457. The van der Waals surface area contributed by atoms with Crippen LogP contribution in [0.3, 0.4) is 0 Å². The molecular formula is C19H17FN4O4. The van der Waals surface area contributed by atoms with Gasteiger partial charge in [-0.3, -0.25) is 30.0 Å². The van der Waals surface area contributed by atoms with Gasteiger partial charge in [0.05, 0.1) is 17.5 Å². The topological polar surface area (TPSA) is 113 Å². The van der Waals surface area contributed by atoms with Crippen LogP contribution >= 0.6 is 0 Å². The fourth-order valence-corrected chi connectivity index (χ4v) is 2.76. The standard InChI is InChI=1S/C19H17FN4O4/c1-2-24-15-8-5-12(10-14(15)21-18(27)19(24)28)17(26)23-22-16(25)9-11-3-6-13(20)7-4-11/h3-8,10H,2,9H2,1H3,(H,21,27)(H,22,25)(H,23,26). The predicted octanol–water partition coefficient (Wildman–Crippen LogP) is 0.853. The molecule has 1 aromatic heterocycles. The summed E-state index contributed by atoms with van der Waals surface area (Å²) in [5.41, 5.74) is 4.71. The second kappa shape index (κ2) is 7.87. The third-order valence-electron chi connectivity index (χ3n) is 4.15. The maximum atomic E-state index is 12.9. The van der Waals surface area contributed by atoms with Crippen molar-refractivity contribution >= 4 is 22.8 Å². The Kier molecular flexibility index (Phi) is 5.35. The molecule has 144 valence electrons. The predicted molar refractivity (Wildman–Crippen MR) is 100 cm³/mol. The first-order valence-corrected chi connectivity index (χ1v) is 8.49. The number of benzene rings is 2. The van der Waals surface area contributed by atoms with Gasteiger partial charge in [-0.1, -0.05) is 12.1 Å². The lowest BCUT2D eigenvalue weighted by atomic mass is 10.1. The molecule has 0 atom stereocenters. The van der Waals surface area contributed by atoms with E-state index in [0.717, 1.165) is 0 Å². The highest BCUT2D eigenvalue weighted by Gasteiger charge is 2.12. The number of hydrogen-bond acceptors (Lipinski definition) is 4. The first-order valence-electron chi connectivity index (χ1n) is 8.49. The third-order valence-corrected chi connectivity index (χ3v) is 4.15. The molecule has 0 radical (unpaired) electrons. The molecule has 8 nitrogen and oxygen atoms in total. The summed E-state index contributed by atoms with van der Waals surface area (Å²) in [7, 11) is 0. The zero-order chi connectivity index (χ0) is 20.3. The van der Waals surface area contributed by atoms with Gasteiger partial charge in [-0.15, -0.1) is 0 Å². The number of carbonyl (C=O) groups is 2. The van der Waals surface area contributed by atoms with E-state index in [1.807, 2.05) is 0 Å². The van der Waals surface area contributed by atoms with Crippen LogP contribution in [0.15, 0.2) is 52.1 Å². The monoisotopic (exact) mass is 384 g/mol. The third kappa shape index (κ3) is 3.98. The number of fused-ring (bicyclic) bond motifs is 1. The number of nitrogens with zero attached hydrogens (tertiary/aromatic N) is 1. The number of aryl methyl sites for hydroxylation is 1. The molecule has 0 fully saturated rings. The lowest BCUT2D eigenvalue weighted by Gasteiger charge is -2.10. The van der Waals surface area contributed by atoms with Crippen LogP contribution in [-0.4, -0.2) is 21.4 Å². The number of nitrogens with one attached hydrogen (secondary N) is 3. The van der Waals surface area contributed by atoms with E-state index >= 15 is 0 Å². The molecule has 28 heavy (non-hydrogen) atoms. The fourth-order valence-electron chi connectivity index (χ4n) is 2.76. The van der Waals surface area contributed by atoms with Gasteiger partial charge < -0.3 is 9.55 Å². The minimum Gasteiger partial charge on any atom is -0.316 e. The lowest BCUT2D eigenvalue weighted by molar-refractivity contribution is -0.121. The first-order chi connectivity index (χ1) is 13.4. The number of amides is 2. The number of hydrogen-bond donors (Lipinski definition) is 3. The summed E-state index contributed by atoms with van der Waals surface area (Å²) in [6.45, 7) is 2.04. The average molecular weight is 384 g/mol. The van der Waals surface area contributed by atoms with Gasteiger partial charge in [0.25, 0.3) is 5.91 Å². The molecule has 1 heterocycles. The van der Waals surface area contributed by atoms with E-state index in [1.165, 1.54) is 41.0 Å². The lowest BCUT2D eigenvalue weighted by Crippen LogP contribution is -2.42. The number of carbonyl (C=O) groups excluding carboxylic acids is 2. The van der Waals surface area contributed by atoms with Gasteiger partial charge in [0, 0.05) is 12.1 Å². The maximum Gasteiger partial charge on any atom is 0.316 e. The Labute approximate surface area is 158 Å². The Morgan fingerprint density at radius 3 is 2.46 bits per heavy atom. The number of aromatic nitrogens is 2. The minimum absolute atomic E-state index is 0.0334. The number of aromatic amines is 1. The van der Waals surface area contributed by atoms with Crippen LogP contribution in [0.1, 0.15) is 22.8 Å². The van der Waals surface area contributed by atoms with Crippen LogP contribution in [0.4, 0.5) is 4.39 Å². The minimum atomic E-state index is -0.778. The molecular weight excluding hydrogens is 367 g/mol. The van der Waals surface area contributed by atoms with Crippen molar-refractivity contribution < 1.29 is 14.0 Å². The zero-order valence-corrected chi connectivity index (χ0v) is 14.9. The zero-order valence-electron chi connectivity index (χ0n) is 14.9. The molecule has 0 saturated heterocycles. The number of hydrazine groups is 1. The van der Waals surface area contributed by atoms with E-state index in [4.69, 9.17) is 0 Å². The summed E-state index contributed by atoms with van der Waals surface area (Å²) >= 11 is 0.